The standard InChI is InChI=1S/C14H17N3O/c1-4-13-15-12-8-6-5-7-11(12)14(18)17(13)16-9(2)10(16)3/h5-10H,4H2,1-3H3. The molecule has 1 saturated heterocycles. The molecule has 2 heterocycles. The van der Waals surface area contributed by atoms with E-state index in [0.29, 0.717) is 17.5 Å². The lowest BCUT2D eigenvalue weighted by molar-refractivity contribution is 0.681. The van der Waals surface area contributed by atoms with Crippen LogP contribution in [-0.2, 0) is 6.42 Å². The van der Waals surface area contributed by atoms with Crippen LogP contribution in [-0.4, -0.2) is 21.7 Å². The van der Waals surface area contributed by atoms with Crippen molar-refractivity contribution in [2.75, 3.05) is 5.01 Å². The second-order valence-electron chi connectivity index (χ2n) is 4.88. The van der Waals surface area contributed by atoms with Gasteiger partial charge < -0.3 is 0 Å². The van der Waals surface area contributed by atoms with Gasteiger partial charge in [0.15, 0.2) is 0 Å². The summed E-state index contributed by atoms with van der Waals surface area (Å²) in [5.74, 6) is 0.843. The zero-order chi connectivity index (χ0) is 12.9. The second kappa shape index (κ2) is 3.83. The summed E-state index contributed by atoms with van der Waals surface area (Å²) in [6, 6.07) is 8.37. The van der Waals surface area contributed by atoms with Gasteiger partial charge in [-0.25, -0.2) is 9.66 Å². The van der Waals surface area contributed by atoms with Gasteiger partial charge in [0.1, 0.15) is 5.82 Å². The Hall–Kier alpha value is -1.84. The summed E-state index contributed by atoms with van der Waals surface area (Å²) in [5.41, 5.74) is 0.839. The Kier molecular flexibility index (Phi) is 2.40. The minimum Gasteiger partial charge on any atom is -0.299 e. The number of rotatable bonds is 2. The molecule has 0 bridgehead atoms. The van der Waals surface area contributed by atoms with Crippen LogP contribution in [0.5, 0.6) is 0 Å². The fourth-order valence-corrected chi connectivity index (χ4v) is 2.49. The summed E-state index contributed by atoms with van der Waals surface area (Å²) in [5, 5.41) is 2.79. The number of hydrogen-bond acceptors (Lipinski definition) is 3. The average Bonchev–Trinajstić information content (AvgIpc) is 2.97. The van der Waals surface area contributed by atoms with Gasteiger partial charge in [0.2, 0.25) is 0 Å². The van der Waals surface area contributed by atoms with E-state index >= 15 is 0 Å². The Balaban J connectivity index is 2.30. The molecule has 0 radical (unpaired) electrons. The maximum atomic E-state index is 12.6. The lowest BCUT2D eigenvalue weighted by atomic mass is 10.2. The van der Waals surface area contributed by atoms with Crippen molar-refractivity contribution in [2.45, 2.75) is 39.3 Å². The van der Waals surface area contributed by atoms with E-state index in [-0.39, 0.29) is 5.56 Å². The molecule has 94 valence electrons. The van der Waals surface area contributed by atoms with E-state index < -0.39 is 0 Å². The summed E-state index contributed by atoms with van der Waals surface area (Å²) in [4.78, 5) is 17.2. The molecular formula is C14H17N3O. The first-order valence-corrected chi connectivity index (χ1v) is 6.44. The molecule has 18 heavy (non-hydrogen) atoms. The molecule has 1 fully saturated rings. The Morgan fingerprint density at radius 1 is 1.22 bits per heavy atom. The first-order valence-electron chi connectivity index (χ1n) is 6.44. The molecule has 0 aliphatic carbocycles. The van der Waals surface area contributed by atoms with Gasteiger partial charge in [0.25, 0.3) is 5.56 Å². The number of nitrogens with zero attached hydrogens (tertiary/aromatic N) is 3. The third kappa shape index (κ3) is 1.45. The van der Waals surface area contributed by atoms with Gasteiger partial charge in [-0.1, -0.05) is 19.1 Å². The van der Waals surface area contributed by atoms with Crippen molar-refractivity contribution in [3.63, 3.8) is 0 Å². The lowest BCUT2D eigenvalue weighted by Crippen LogP contribution is -2.34. The van der Waals surface area contributed by atoms with Gasteiger partial charge in [0.05, 0.1) is 23.0 Å². The molecule has 0 amide bonds. The largest absolute Gasteiger partial charge is 0.299 e. The van der Waals surface area contributed by atoms with Crippen LogP contribution in [0.4, 0.5) is 0 Å². The summed E-state index contributed by atoms with van der Waals surface area (Å²) in [6.45, 7) is 6.29. The Bertz CT molecular complexity index is 654. The molecule has 3 rings (SSSR count). The van der Waals surface area contributed by atoms with E-state index in [1.807, 2.05) is 31.2 Å². The molecule has 1 aliphatic heterocycles. The van der Waals surface area contributed by atoms with Crippen LogP contribution in [0.15, 0.2) is 29.1 Å². The van der Waals surface area contributed by atoms with Crippen molar-refractivity contribution in [1.82, 2.24) is 9.66 Å². The molecule has 2 atom stereocenters. The number of aryl methyl sites for hydroxylation is 1. The topological polar surface area (TPSA) is 37.9 Å². The minimum atomic E-state index is 0.0497. The molecule has 0 saturated carbocycles. The van der Waals surface area contributed by atoms with Crippen LogP contribution in [0.25, 0.3) is 10.9 Å². The first kappa shape index (κ1) is 11.3. The van der Waals surface area contributed by atoms with E-state index in [9.17, 15) is 4.79 Å². The number of aromatic nitrogens is 2. The van der Waals surface area contributed by atoms with Crippen LogP contribution < -0.4 is 10.6 Å². The molecule has 1 aromatic heterocycles. The molecule has 1 aliphatic rings. The quantitative estimate of drug-likeness (QED) is 0.753. The van der Waals surface area contributed by atoms with Gasteiger partial charge in [-0.05, 0) is 26.0 Å². The highest BCUT2D eigenvalue weighted by Crippen LogP contribution is 2.25. The van der Waals surface area contributed by atoms with Crippen LogP contribution in [0.2, 0.25) is 0 Å². The van der Waals surface area contributed by atoms with Gasteiger partial charge >= 0.3 is 0 Å². The normalized spacial score (nSPS) is 22.5. The summed E-state index contributed by atoms with van der Waals surface area (Å²) in [6.07, 6.45) is 0.760. The summed E-state index contributed by atoms with van der Waals surface area (Å²) >= 11 is 0. The van der Waals surface area contributed by atoms with Crippen LogP contribution in [0.3, 0.4) is 0 Å². The fourth-order valence-electron chi connectivity index (χ4n) is 2.49. The third-order valence-corrected chi connectivity index (χ3v) is 3.81. The average molecular weight is 243 g/mol. The first-order chi connectivity index (χ1) is 8.65. The molecule has 4 nitrogen and oxygen atoms in total. The predicted octanol–water partition coefficient (Wildman–Crippen LogP) is 1.69. The Labute approximate surface area is 106 Å². The molecular weight excluding hydrogens is 226 g/mol. The molecule has 0 spiro atoms. The molecule has 1 aromatic carbocycles. The van der Waals surface area contributed by atoms with E-state index in [4.69, 9.17) is 0 Å². The molecule has 2 unspecified atom stereocenters. The van der Waals surface area contributed by atoms with Crippen molar-refractivity contribution in [2.24, 2.45) is 0 Å². The highest BCUT2D eigenvalue weighted by Gasteiger charge is 2.42. The predicted molar refractivity (Wildman–Crippen MR) is 72.5 cm³/mol. The van der Waals surface area contributed by atoms with Gasteiger partial charge in [-0.3, -0.25) is 9.80 Å². The smallest absolute Gasteiger partial charge is 0.280 e. The van der Waals surface area contributed by atoms with E-state index in [2.05, 4.69) is 23.8 Å². The van der Waals surface area contributed by atoms with Crippen molar-refractivity contribution in [3.05, 3.63) is 40.4 Å². The minimum absolute atomic E-state index is 0.0497. The van der Waals surface area contributed by atoms with Gasteiger partial charge in [-0.2, -0.15) is 0 Å². The van der Waals surface area contributed by atoms with Crippen molar-refractivity contribution < 1.29 is 0 Å². The second-order valence-corrected chi connectivity index (χ2v) is 4.88. The van der Waals surface area contributed by atoms with Crippen LogP contribution in [0.1, 0.15) is 26.6 Å². The zero-order valence-electron chi connectivity index (χ0n) is 10.9. The highest BCUT2D eigenvalue weighted by molar-refractivity contribution is 5.77. The summed E-state index contributed by atoms with van der Waals surface area (Å²) < 4.78 is 1.76. The molecule has 2 aromatic rings. The van der Waals surface area contributed by atoms with Crippen LogP contribution in [0, 0.1) is 0 Å². The SMILES string of the molecule is CCc1nc2ccccc2c(=O)n1N1C(C)C1C. The van der Waals surface area contributed by atoms with E-state index in [1.165, 1.54) is 0 Å². The maximum Gasteiger partial charge on any atom is 0.280 e. The maximum absolute atomic E-state index is 12.6. The highest BCUT2D eigenvalue weighted by atomic mass is 16.1. The van der Waals surface area contributed by atoms with Crippen molar-refractivity contribution >= 4 is 10.9 Å². The Morgan fingerprint density at radius 2 is 1.89 bits per heavy atom. The lowest BCUT2D eigenvalue weighted by Gasteiger charge is -2.14. The number of hydrogen-bond donors (Lipinski definition) is 0. The third-order valence-electron chi connectivity index (χ3n) is 3.81. The van der Waals surface area contributed by atoms with Crippen molar-refractivity contribution in [3.8, 4) is 0 Å². The number of benzene rings is 1. The fraction of sp³-hybridized carbons (Fsp3) is 0.429. The molecule has 4 heteroatoms. The molecule has 0 N–H and O–H groups in total. The van der Waals surface area contributed by atoms with Crippen molar-refractivity contribution in [1.29, 1.82) is 0 Å². The van der Waals surface area contributed by atoms with E-state index in [1.54, 1.807) is 4.68 Å². The number of para-hydroxylation sites is 1. The van der Waals surface area contributed by atoms with E-state index in [0.717, 1.165) is 17.8 Å². The van der Waals surface area contributed by atoms with Gasteiger partial charge in [0, 0.05) is 6.42 Å². The monoisotopic (exact) mass is 243 g/mol. The number of fused-ring (bicyclic) bond motifs is 1. The summed E-state index contributed by atoms with van der Waals surface area (Å²) in [7, 11) is 0. The zero-order valence-corrected chi connectivity index (χ0v) is 10.9. The van der Waals surface area contributed by atoms with Gasteiger partial charge in [-0.15, -0.1) is 0 Å². The Morgan fingerprint density at radius 3 is 2.50 bits per heavy atom. The van der Waals surface area contributed by atoms with Crippen LogP contribution >= 0.6 is 0 Å².